The van der Waals surface area contributed by atoms with Gasteiger partial charge in [-0.15, -0.1) is 23.2 Å². The lowest BCUT2D eigenvalue weighted by atomic mass is 10.6. The zero-order chi connectivity index (χ0) is 7.49. The molecule has 9 heavy (non-hydrogen) atoms. The van der Waals surface area contributed by atoms with Gasteiger partial charge in [-0.05, 0) is 6.08 Å². The Morgan fingerprint density at radius 1 is 1.11 bits per heavy atom. The monoisotopic (exact) mass is 226 g/mol. The average molecular weight is 228 g/mol. The smallest absolute Gasteiger partial charge is 0.101 e. The van der Waals surface area contributed by atoms with Crippen molar-refractivity contribution >= 4 is 58.0 Å². The van der Waals surface area contributed by atoms with E-state index in [2.05, 4.69) is 0 Å². The Morgan fingerprint density at radius 3 is 1.67 bits per heavy atom. The molecule has 0 aliphatic rings. The first kappa shape index (κ1) is 10.2. The van der Waals surface area contributed by atoms with Crippen molar-refractivity contribution in [3.8, 4) is 0 Å². The summed E-state index contributed by atoms with van der Waals surface area (Å²) in [4.78, 5) is -0.624. The maximum absolute atomic E-state index is 5.30. The summed E-state index contributed by atoms with van der Waals surface area (Å²) in [7, 11) is 0. The standard InChI is InChI=1S/C4H3Cl5/c5-3(6)1-2-4(7,8)9/h1-3H. The molecule has 0 aliphatic heterocycles. The Balaban J connectivity index is 3.71. The minimum absolute atomic E-state index is 0.624. The topological polar surface area (TPSA) is 0 Å². The zero-order valence-corrected chi connectivity index (χ0v) is 7.90. The van der Waals surface area contributed by atoms with E-state index in [0.717, 1.165) is 0 Å². The number of rotatable bonds is 1. The second-order valence-corrected chi connectivity index (χ2v) is 4.77. The molecule has 0 radical (unpaired) electrons. The largest absolute Gasteiger partial charge is 0.209 e. The summed E-state index contributed by atoms with van der Waals surface area (Å²) in [6, 6.07) is 0. The van der Waals surface area contributed by atoms with Gasteiger partial charge in [0.2, 0.25) is 3.79 Å². The van der Waals surface area contributed by atoms with Gasteiger partial charge in [-0.3, -0.25) is 0 Å². The Kier molecular flexibility index (Phi) is 4.70. The van der Waals surface area contributed by atoms with Crippen molar-refractivity contribution in [2.75, 3.05) is 0 Å². The molecule has 0 unspecified atom stereocenters. The molecule has 0 rings (SSSR count). The van der Waals surface area contributed by atoms with Crippen LogP contribution in [0.5, 0.6) is 0 Å². The normalized spacial score (nSPS) is 13.6. The highest BCUT2D eigenvalue weighted by atomic mass is 35.6. The summed E-state index contributed by atoms with van der Waals surface area (Å²) >= 11 is 26.5. The molecule has 0 aromatic carbocycles. The summed E-state index contributed by atoms with van der Waals surface area (Å²) in [6.45, 7) is 0. The number of halogens is 5. The Hall–Kier alpha value is 1.19. The van der Waals surface area contributed by atoms with Crippen LogP contribution in [0, 0.1) is 0 Å². The van der Waals surface area contributed by atoms with Crippen LogP contribution in [-0.4, -0.2) is 8.63 Å². The fraction of sp³-hybridized carbons (Fsp3) is 0.500. The summed E-state index contributed by atoms with van der Waals surface area (Å²) in [5.74, 6) is 0. The molecule has 54 valence electrons. The van der Waals surface area contributed by atoms with Gasteiger partial charge >= 0.3 is 0 Å². The Labute approximate surface area is 78.7 Å². The van der Waals surface area contributed by atoms with E-state index in [0.29, 0.717) is 0 Å². The van der Waals surface area contributed by atoms with Crippen LogP contribution in [-0.2, 0) is 0 Å². The predicted molar refractivity (Wildman–Crippen MR) is 44.9 cm³/mol. The molecule has 0 heterocycles. The quantitative estimate of drug-likeness (QED) is 0.474. The van der Waals surface area contributed by atoms with Crippen LogP contribution < -0.4 is 0 Å². The molecule has 0 aromatic rings. The number of hydrogen-bond acceptors (Lipinski definition) is 0. The zero-order valence-electron chi connectivity index (χ0n) is 4.12. The SMILES string of the molecule is ClC(Cl)C=CC(Cl)(Cl)Cl. The van der Waals surface area contributed by atoms with Crippen molar-refractivity contribution in [3.05, 3.63) is 12.2 Å². The van der Waals surface area contributed by atoms with Crippen molar-refractivity contribution in [1.29, 1.82) is 0 Å². The van der Waals surface area contributed by atoms with E-state index in [9.17, 15) is 0 Å². The summed E-state index contributed by atoms with van der Waals surface area (Å²) in [5.41, 5.74) is 0. The van der Waals surface area contributed by atoms with Crippen molar-refractivity contribution < 1.29 is 0 Å². The molecule has 0 fully saturated rings. The van der Waals surface area contributed by atoms with Gasteiger partial charge in [0.1, 0.15) is 4.84 Å². The van der Waals surface area contributed by atoms with Crippen LogP contribution in [0.3, 0.4) is 0 Å². The fourth-order valence-corrected chi connectivity index (χ4v) is 0.546. The molecule has 0 nitrogen and oxygen atoms in total. The predicted octanol–water partition coefficient (Wildman–Crippen LogP) is 3.72. The van der Waals surface area contributed by atoms with Gasteiger partial charge in [0.15, 0.2) is 0 Å². The maximum Gasteiger partial charge on any atom is 0.209 e. The lowest BCUT2D eigenvalue weighted by Gasteiger charge is -2.01. The molecule has 0 N–H and O–H groups in total. The first-order valence-electron chi connectivity index (χ1n) is 1.96. The third-order valence-electron chi connectivity index (χ3n) is 0.431. The Morgan fingerprint density at radius 2 is 1.56 bits per heavy atom. The van der Waals surface area contributed by atoms with Gasteiger partial charge in [-0.1, -0.05) is 40.9 Å². The number of alkyl halides is 5. The van der Waals surface area contributed by atoms with Gasteiger partial charge in [0.05, 0.1) is 0 Å². The molecule has 0 atom stereocenters. The highest BCUT2D eigenvalue weighted by molar-refractivity contribution is 6.69. The van der Waals surface area contributed by atoms with E-state index < -0.39 is 8.63 Å². The van der Waals surface area contributed by atoms with Crippen LogP contribution in [0.4, 0.5) is 0 Å². The van der Waals surface area contributed by atoms with E-state index in [1.54, 1.807) is 0 Å². The lowest BCUT2D eigenvalue weighted by Crippen LogP contribution is -1.95. The molecule has 0 spiro atoms. The van der Waals surface area contributed by atoms with E-state index in [-0.39, 0.29) is 0 Å². The molecule has 0 aliphatic carbocycles. The third-order valence-corrected chi connectivity index (χ3v) is 1.10. The third kappa shape index (κ3) is 9.19. The van der Waals surface area contributed by atoms with Crippen molar-refractivity contribution in [1.82, 2.24) is 0 Å². The highest BCUT2D eigenvalue weighted by Gasteiger charge is 2.13. The van der Waals surface area contributed by atoms with Crippen LogP contribution >= 0.6 is 58.0 Å². The van der Waals surface area contributed by atoms with E-state index >= 15 is 0 Å². The van der Waals surface area contributed by atoms with E-state index in [1.165, 1.54) is 12.2 Å². The lowest BCUT2D eigenvalue weighted by molar-refractivity contribution is 1.42. The first-order valence-corrected chi connectivity index (χ1v) is 3.97. The van der Waals surface area contributed by atoms with Gasteiger partial charge in [-0.25, -0.2) is 0 Å². The van der Waals surface area contributed by atoms with Gasteiger partial charge in [-0.2, -0.15) is 0 Å². The Bertz CT molecular complexity index is 100. The van der Waals surface area contributed by atoms with Crippen molar-refractivity contribution in [3.63, 3.8) is 0 Å². The molecule has 0 bridgehead atoms. The maximum atomic E-state index is 5.30. The molecule has 0 saturated carbocycles. The van der Waals surface area contributed by atoms with Gasteiger partial charge in [0.25, 0.3) is 0 Å². The number of allylic oxidation sites excluding steroid dienone is 2. The highest BCUT2D eigenvalue weighted by Crippen LogP contribution is 2.27. The molecule has 5 heteroatoms. The second kappa shape index (κ2) is 4.15. The van der Waals surface area contributed by atoms with Crippen LogP contribution in [0.1, 0.15) is 0 Å². The minimum atomic E-state index is -1.40. The average Bonchev–Trinajstić information content (AvgIpc) is 1.59. The van der Waals surface area contributed by atoms with E-state index in [4.69, 9.17) is 58.0 Å². The minimum Gasteiger partial charge on any atom is -0.101 e. The summed E-state index contributed by atoms with van der Waals surface area (Å²) in [6.07, 6.45) is 2.68. The first-order chi connectivity index (χ1) is 3.92. The second-order valence-electron chi connectivity index (χ2n) is 1.24. The fourth-order valence-electron chi connectivity index (χ4n) is 0.182. The van der Waals surface area contributed by atoms with Crippen molar-refractivity contribution in [2.45, 2.75) is 8.63 Å². The molecule has 0 saturated heterocycles. The molecular weight excluding hydrogens is 225 g/mol. The van der Waals surface area contributed by atoms with Gasteiger partial charge in [0, 0.05) is 0 Å². The van der Waals surface area contributed by atoms with Crippen LogP contribution in [0.15, 0.2) is 12.2 Å². The van der Waals surface area contributed by atoms with E-state index in [1.807, 2.05) is 0 Å². The van der Waals surface area contributed by atoms with Crippen LogP contribution in [0.25, 0.3) is 0 Å². The molecule has 0 amide bonds. The summed E-state index contributed by atoms with van der Waals surface area (Å²) < 4.78 is -1.40. The molecule has 0 aromatic heterocycles. The summed E-state index contributed by atoms with van der Waals surface area (Å²) in [5, 5.41) is 0. The van der Waals surface area contributed by atoms with Crippen LogP contribution in [0.2, 0.25) is 0 Å². The van der Waals surface area contributed by atoms with Crippen molar-refractivity contribution in [2.24, 2.45) is 0 Å². The van der Waals surface area contributed by atoms with Gasteiger partial charge < -0.3 is 0 Å². The number of hydrogen-bond donors (Lipinski definition) is 0. The molecular formula is C4H3Cl5.